The molecule has 0 unspecified atom stereocenters. The van der Waals surface area contributed by atoms with Crippen LogP contribution in [0.5, 0.6) is 0 Å². The molecule has 1 aromatic carbocycles. The van der Waals surface area contributed by atoms with Gasteiger partial charge < -0.3 is 15.1 Å². The second kappa shape index (κ2) is 7.61. The number of aromatic nitrogens is 2. The Morgan fingerprint density at radius 3 is 2.31 bits per heavy atom. The highest BCUT2D eigenvalue weighted by atomic mass is 16.1. The molecule has 7 nitrogen and oxygen atoms in total. The Balaban J connectivity index is 1.70. The largest absolute Gasteiger partial charge is 0.338 e. The van der Waals surface area contributed by atoms with E-state index in [4.69, 9.17) is 0 Å². The van der Waals surface area contributed by atoms with E-state index in [0.29, 0.717) is 28.5 Å². The summed E-state index contributed by atoms with van der Waals surface area (Å²) >= 11 is 0. The molecule has 1 amide bonds. The summed E-state index contributed by atoms with van der Waals surface area (Å²) < 4.78 is 0. The number of ketones is 1. The molecule has 1 aromatic heterocycles. The predicted molar refractivity (Wildman–Crippen MR) is 101 cm³/mol. The summed E-state index contributed by atoms with van der Waals surface area (Å²) in [5.74, 6) is 0.396. The summed E-state index contributed by atoms with van der Waals surface area (Å²) in [7, 11) is 2.10. The monoisotopic (exact) mass is 353 g/mol. The van der Waals surface area contributed by atoms with E-state index in [0.717, 1.165) is 26.2 Å². The van der Waals surface area contributed by atoms with Crippen molar-refractivity contribution in [3.05, 3.63) is 47.3 Å². The zero-order valence-electron chi connectivity index (χ0n) is 15.3. The number of carbonyl (C=O) groups excluding carboxylic acids is 2. The fraction of sp³-hybridized carbons (Fsp3) is 0.368. The number of nitrogens with one attached hydrogen (secondary N) is 1. The third kappa shape index (κ3) is 4.05. The smallest absolute Gasteiger partial charge is 0.259 e. The predicted octanol–water partition coefficient (Wildman–Crippen LogP) is 1.99. The number of amides is 1. The quantitative estimate of drug-likeness (QED) is 0.847. The van der Waals surface area contributed by atoms with Crippen LogP contribution in [0.3, 0.4) is 0 Å². The average Bonchev–Trinajstić information content (AvgIpc) is 2.62. The molecule has 1 saturated heterocycles. The van der Waals surface area contributed by atoms with E-state index in [9.17, 15) is 9.59 Å². The van der Waals surface area contributed by atoms with E-state index >= 15 is 0 Å². The van der Waals surface area contributed by atoms with Gasteiger partial charge in [0.2, 0.25) is 5.95 Å². The molecule has 1 fully saturated rings. The van der Waals surface area contributed by atoms with Crippen molar-refractivity contribution >= 4 is 23.3 Å². The number of anilines is 2. The van der Waals surface area contributed by atoms with Gasteiger partial charge in [-0.3, -0.25) is 9.59 Å². The highest BCUT2D eigenvalue weighted by Gasteiger charge is 2.19. The lowest BCUT2D eigenvalue weighted by atomic mass is 10.1. The van der Waals surface area contributed by atoms with Crippen molar-refractivity contribution in [2.75, 3.05) is 43.4 Å². The van der Waals surface area contributed by atoms with Crippen LogP contribution in [0, 0.1) is 6.92 Å². The van der Waals surface area contributed by atoms with Crippen LogP contribution < -0.4 is 10.2 Å². The first kappa shape index (κ1) is 18.0. The van der Waals surface area contributed by atoms with Gasteiger partial charge in [-0.1, -0.05) is 0 Å². The van der Waals surface area contributed by atoms with Gasteiger partial charge in [0, 0.05) is 43.6 Å². The number of carbonyl (C=O) groups is 2. The number of Topliss-reactive ketones (excluding diaryl/α,β-unsaturated/α-hetero) is 1. The maximum absolute atomic E-state index is 12.5. The van der Waals surface area contributed by atoms with Gasteiger partial charge >= 0.3 is 0 Å². The van der Waals surface area contributed by atoms with Gasteiger partial charge in [-0.25, -0.2) is 9.97 Å². The molecule has 0 saturated carbocycles. The number of nitrogens with zero attached hydrogens (tertiary/aromatic N) is 4. The van der Waals surface area contributed by atoms with Gasteiger partial charge in [0.25, 0.3) is 5.91 Å². The summed E-state index contributed by atoms with van der Waals surface area (Å²) in [5, 5.41) is 2.82. The van der Waals surface area contributed by atoms with Gasteiger partial charge in [-0.05, 0) is 45.2 Å². The van der Waals surface area contributed by atoms with Crippen molar-refractivity contribution in [3.8, 4) is 0 Å². The summed E-state index contributed by atoms with van der Waals surface area (Å²) in [5.41, 5.74) is 2.33. The van der Waals surface area contributed by atoms with Crippen molar-refractivity contribution in [1.82, 2.24) is 14.9 Å². The van der Waals surface area contributed by atoms with E-state index in [1.165, 1.54) is 6.92 Å². The molecule has 136 valence electrons. The number of hydrogen-bond acceptors (Lipinski definition) is 6. The van der Waals surface area contributed by atoms with Gasteiger partial charge in [0.15, 0.2) is 5.78 Å². The maximum Gasteiger partial charge on any atom is 0.259 e. The molecule has 1 N–H and O–H groups in total. The molecule has 0 atom stereocenters. The molecule has 2 heterocycles. The highest BCUT2D eigenvalue weighted by molar-refractivity contribution is 6.05. The van der Waals surface area contributed by atoms with Crippen LogP contribution in [0.4, 0.5) is 11.6 Å². The van der Waals surface area contributed by atoms with E-state index in [1.54, 1.807) is 30.5 Å². The number of piperazine rings is 1. The Hall–Kier alpha value is -2.80. The van der Waals surface area contributed by atoms with Crippen LogP contribution in [0.15, 0.2) is 30.5 Å². The maximum atomic E-state index is 12.5. The fourth-order valence-electron chi connectivity index (χ4n) is 2.82. The fourth-order valence-corrected chi connectivity index (χ4v) is 2.82. The molecule has 7 heteroatoms. The lowest BCUT2D eigenvalue weighted by Crippen LogP contribution is -2.45. The molecule has 26 heavy (non-hydrogen) atoms. The minimum Gasteiger partial charge on any atom is -0.338 e. The van der Waals surface area contributed by atoms with Crippen LogP contribution >= 0.6 is 0 Å². The molecule has 2 aromatic rings. The van der Waals surface area contributed by atoms with E-state index in [1.807, 2.05) is 6.92 Å². The van der Waals surface area contributed by atoms with E-state index in [2.05, 4.69) is 32.1 Å². The van der Waals surface area contributed by atoms with Crippen LogP contribution in [-0.2, 0) is 0 Å². The van der Waals surface area contributed by atoms with Crippen molar-refractivity contribution < 1.29 is 9.59 Å². The SMILES string of the molecule is CC(=O)c1ccc(NC(=O)c2cnc(N3CCN(C)CC3)nc2C)cc1. The van der Waals surface area contributed by atoms with Gasteiger partial charge in [-0.2, -0.15) is 0 Å². The average molecular weight is 353 g/mol. The van der Waals surface area contributed by atoms with Gasteiger partial charge in [-0.15, -0.1) is 0 Å². The Morgan fingerprint density at radius 2 is 1.73 bits per heavy atom. The third-order valence-corrected chi connectivity index (χ3v) is 4.55. The van der Waals surface area contributed by atoms with Gasteiger partial charge in [0.1, 0.15) is 0 Å². The summed E-state index contributed by atoms with van der Waals surface area (Å²) in [4.78, 5) is 37.1. The van der Waals surface area contributed by atoms with E-state index in [-0.39, 0.29) is 11.7 Å². The van der Waals surface area contributed by atoms with Crippen molar-refractivity contribution in [2.45, 2.75) is 13.8 Å². The number of rotatable bonds is 4. The van der Waals surface area contributed by atoms with Crippen molar-refractivity contribution in [1.29, 1.82) is 0 Å². The lowest BCUT2D eigenvalue weighted by Gasteiger charge is -2.32. The molecule has 0 spiro atoms. The number of aryl methyl sites for hydroxylation is 1. The summed E-state index contributed by atoms with van der Waals surface area (Å²) in [6.07, 6.45) is 1.58. The highest BCUT2D eigenvalue weighted by Crippen LogP contribution is 2.16. The Morgan fingerprint density at radius 1 is 1.08 bits per heavy atom. The molecule has 0 aliphatic carbocycles. The molecule has 3 rings (SSSR count). The summed E-state index contributed by atoms with van der Waals surface area (Å²) in [6, 6.07) is 6.81. The molecule has 0 bridgehead atoms. The third-order valence-electron chi connectivity index (χ3n) is 4.55. The Kier molecular flexibility index (Phi) is 5.27. The van der Waals surface area contributed by atoms with Crippen molar-refractivity contribution in [3.63, 3.8) is 0 Å². The van der Waals surface area contributed by atoms with Crippen LogP contribution in [-0.4, -0.2) is 59.8 Å². The van der Waals surface area contributed by atoms with Gasteiger partial charge in [0.05, 0.1) is 11.3 Å². The molecular weight excluding hydrogens is 330 g/mol. The molecule has 0 radical (unpaired) electrons. The number of likely N-dealkylation sites (N-methyl/N-ethyl adjacent to an activating group) is 1. The first-order chi connectivity index (χ1) is 12.4. The van der Waals surface area contributed by atoms with Crippen LogP contribution in [0.2, 0.25) is 0 Å². The van der Waals surface area contributed by atoms with E-state index < -0.39 is 0 Å². The molecule has 1 aliphatic rings. The Bertz CT molecular complexity index is 811. The zero-order chi connectivity index (χ0) is 18.7. The second-order valence-electron chi connectivity index (χ2n) is 6.55. The zero-order valence-corrected chi connectivity index (χ0v) is 15.3. The minimum atomic E-state index is -0.261. The topological polar surface area (TPSA) is 78.4 Å². The van der Waals surface area contributed by atoms with Crippen LogP contribution in [0.1, 0.15) is 33.3 Å². The molecular formula is C19H23N5O2. The van der Waals surface area contributed by atoms with Crippen LogP contribution in [0.25, 0.3) is 0 Å². The molecule has 1 aliphatic heterocycles. The normalized spacial score (nSPS) is 15.0. The lowest BCUT2D eigenvalue weighted by molar-refractivity contribution is 0.101. The Labute approximate surface area is 153 Å². The first-order valence-corrected chi connectivity index (χ1v) is 8.63. The first-order valence-electron chi connectivity index (χ1n) is 8.63. The second-order valence-corrected chi connectivity index (χ2v) is 6.55. The van der Waals surface area contributed by atoms with Crippen molar-refractivity contribution in [2.24, 2.45) is 0 Å². The number of benzene rings is 1. The standard InChI is InChI=1S/C19H23N5O2/c1-13-17(12-20-19(21-13)24-10-8-23(3)9-11-24)18(26)22-16-6-4-15(5-7-16)14(2)25/h4-7,12H,8-11H2,1-3H3,(H,22,26). The number of hydrogen-bond donors (Lipinski definition) is 1. The summed E-state index contributed by atoms with van der Waals surface area (Å²) in [6.45, 7) is 7.03. The minimum absolute atomic E-state index is 0.00776.